The summed E-state index contributed by atoms with van der Waals surface area (Å²) in [5.74, 6) is -1.20. The van der Waals surface area contributed by atoms with Gasteiger partial charge in [0, 0.05) is 11.3 Å². The van der Waals surface area contributed by atoms with Gasteiger partial charge in [-0.25, -0.2) is 0 Å². The molecule has 1 aromatic rings. The van der Waals surface area contributed by atoms with Gasteiger partial charge in [-0.3, -0.25) is 14.4 Å². The Morgan fingerprint density at radius 3 is 2.23 bits per heavy atom. The van der Waals surface area contributed by atoms with E-state index in [1.165, 1.54) is 19.1 Å². The Morgan fingerprint density at radius 2 is 1.69 bits per heavy atom. The first-order chi connectivity index (χ1) is 12.2. The van der Waals surface area contributed by atoms with Crippen LogP contribution in [0.3, 0.4) is 0 Å². The van der Waals surface area contributed by atoms with Crippen molar-refractivity contribution in [2.75, 3.05) is 11.9 Å². The summed E-state index contributed by atoms with van der Waals surface area (Å²) in [4.78, 5) is 34.6. The van der Waals surface area contributed by atoms with Crippen molar-refractivity contribution in [1.29, 1.82) is 0 Å². The van der Waals surface area contributed by atoms with Crippen LogP contribution >= 0.6 is 0 Å². The van der Waals surface area contributed by atoms with E-state index in [1.54, 1.807) is 12.1 Å². The molecule has 0 aliphatic rings. The molecule has 0 radical (unpaired) electrons. The molecule has 0 bridgehead atoms. The molecule has 144 valence electrons. The molecule has 2 unspecified atom stereocenters. The minimum Gasteiger partial charge on any atom is -0.480 e. The topological polar surface area (TPSA) is 105 Å². The van der Waals surface area contributed by atoms with Gasteiger partial charge in [0.2, 0.25) is 5.91 Å². The lowest BCUT2D eigenvalue weighted by Gasteiger charge is -2.15. The monoisotopic (exact) mass is 364 g/mol. The average Bonchev–Trinajstić information content (AvgIpc) is 2.54. The van der Waals surface area contributed by atoms with Crippen LogP contribution in [0.25, 0.3) is 0 Å². The van der Waals surface area contributed by atoms with Crippen molar-refractivity contribution in [3.05, 3.63) is 29.8 Å². The van der Waals surface area contributed by atoms with Crippen molar-refractivity contribution in [2.45, 2.75) is 52.7 Å². The zero-order valence-corrected chi connectivity index (χ0v) is 15.7. The number of carbonyl (C=O) groups is 3. The average molecular weight is 364 g/mol. The maximum atomic E-state index is 11.9. The van der Waals surface area contributed by atoms with Crippen molar-refractivity contribution >= 4 is 23.5 Å². The first-order valence-electron chi connectivity index (χ1n) is 8.74. The molecule has 2 amide bonds. The Bertz CT molecular complexity index is 613. The lowest BCUT2D eigenvalue weighted by Crippen LogP contribution is -2.38. The molecule has 2 atom stereocenters. The van der Waals surface area contributed by atoms with Crippen LogP contribution in [0.5, 0.6) is 0 Å². The molecule has 0 aliphatic carbocycles. The van der Waals surface area contributed by atoms with Gasteiger partial charge in [0.1, 0.15) is 6.04 Å². The summed E-state index contributed by atoms with van der Waals surface area (Å²) in [5.41, 5.74) is 0.884. The molecule has 0 aliphatic heterocycles. The van der Waals surface area contributed by atoms with Crippen molar-refractivity contribution in [3.63, 3.8) is 0 Å². The standard InChI is InChI=1S/C19H28N2O5/c1-12(2)11-13(3)26-10-9-17(22)21-16-7-5-15(6-8-16)18(23)20-14(4)19(24)25/h5-8,12-14H,9-11H2,1-4H3,(H,20,23)(H,21,22)(H,24,25). The molecule has 0 heterocycles. The molecule has 0 fully saturated rings. The number of aliphatic carboxylic acids is 1. The van der Waals surface area contributed by atoms with Gasteiger partial charge >= 0.3 is 5.97 Å². The minimum absolute atomic E-state index is 0.119. The lowest BCUT2D eigenvalue weighted by atomic mass is 10.1. The van der Waals surface area contributed by atoms with Gasteiger partial charge in [-0.05, 0) is 50.5 Å². The second-order valence-corrected chi connectivity index (χ2v) is 6.72. The van der Waals surface area contributed by atoms with Crippen LogP contribution in [-0.2, 0) is 14.3 Å². The Kier molecular flexibility index (Phi) is 8.78. The number of carboxylic acid groups (broad SMARTS) is 1. The van der Waals surface area contributed by atoms with Gasteiger partial charge in [-0.15, -0.1) is 0 Å². The van der Waals surface area contributed by atoms with Gasteiger partial charge in [0.15, 0.2) is 0 Å². The number of nitrogens with one attached hydrogen (secondary N) is 2. The predicted octanol–water partition coefficient (Wildman–Crippen LogP) is 2.67. The Morgan fingerprint density at radius 1 is 1.08 bits per heavy atom. The smallest absolute Gasteiger partial charge is 0.325 e. The third-order valence-corrected chi connectivity index (χ3v) is 3.68. The van der Waals surface area contributed by atoms with Crippen LogP contribution in [0.1, 0.15) is 50.9 Å². The molecule has 1 aromatic carbocycles. The molecular weight excluding hydrogens is 336 g/mol. The lowest BCUT2D eigenvalue weighted by molar-refractivity contribution is -0.138. The van der Waals surface area contributed by atoms with E-state index in [0.29, 0.717) is 23.8 Å². The molecule has 26 heavy (non-hydrogen) atoms. The highest BCUT2D eigenvalue weighted by atomic mass is 16.5. The highest BCUT2D eigenvalue weighted by Gasteiger charge is 2.15. The summed E-state index contributed by atoms with van der Waals surface area (Å²) >= 11 is 0. The summed E-state index contributed by atoms with van der Waals surface area (Å²) in [5, 5.41) is 13.9. The van der Waals surface area contributed by atoms with Crippen molar-refractivity contribution in [3.8, 4) is 0 Å². The zero-order valence-electron chi connectivity index (χ0n) is 15.7. The van der Waals surface area contributed by atoms with Gasteiger partial charge in [0.05, 0.1) is 19.1 Å². The molecular formula is C19H28N2O5. The molecule has 0 aromatic heterocycles. The fraction of sp³-hybridized carbons (Fsp3) is 0.526. The summed E-state index contributed by atoms with van der Waals surface area (Å²) in [6, 6.07) is 5.28. The fourth-order valence-electron chi connectivity index (χ4n) is 2.35. The van der Waals surface area contributed by atoms with E-state index in [1.807, 2.05) is 6.92 Å². The van der Waals surface area contributed by atoms with E-state index in [2.05, 4.69) is 24.5 Å². The highest BCUT2D eigenvalue weighted by molar-refractivity contribution is 5.97. The maximum absolute atomic E-state index is 11.9. The largest absolute Gasteiger partial charge is 0.480 e. The summed E-state index contributed by atoms with van der Waals surface area (Å²) < 4.78 is 5.61. The number of anilines is 1. The van der Waals surface area contributed by atoms with Crippen LogP contribution in [0.15, 0.2) is 24.3 Å². The normalized spacial score (nSPS) is 13.1. The quantitative estimate of drug-likeness (QED) is 0.592. The number of amides is 2. The molecule has 0 saturated heterocycles. The number of benzene rings is 1. The van der Waals surface area contributed by atoms with Crippen LogP contribution in [0, 0.1) is 5.92 Å². The number of hydrogen-bond acceptors (Lipinski definition) is 4. The SMILES string of the molecule is CC(C)CC(C)OCCC(=O)Nc1ccc(C(=O)NC(C)C(=O)O)cc1. The van der Waals surface area contributed by atoms with E-state index >= 15 is 0 Å². The van der Waals surface area contributed by atoms with Gasteiger partial charge < -0.3 is 20.5 Å². The number of carbonyl (C=O) groups excluding carboxylic acids is 2. The van der Waals surface area contributed by atoms with Crippen LogP contribution in [0.4, 0.5) is 5.69 Å². The van der Waals surface area contributed by atoms with Crippen molar-refractivity contribution in [2.24, 2.45) is 5.92 Å². The highest BCUT2D eigenvalue weighted by Crippen LogP contribution is 2.11. The summed E-state index contributed by atoms with van der Waals surface area (Å²) in [7, 11) is 0. The number of rotatable bonds is 10. The maximum Gasteiger partial charge on any atom is 0.325 e. The fourth-order valence-corrected chi connectivity index (χ4v) is 2.35. The van der Waals surface area contributed by atoms with Crippen molar-refractivity contribution in [1.82, 2.24) is 5.32 Å². The Labute approximate surface area is 154 Å². The van der Waals surface area contributed by atoms with Crippen LogP contribution in [0.2, 0.25) is 0 Å². The molecule has 0 spiro atoms. The van der Waals surface area contributed by atoms with E-state index < -0.39 is 17.9 Å². The molecule has 7 heteroatoms. The first-order valence-corrected chi connectivity index (χ1v) is 8.74. The Balaban J connectivity index is 2.43. The van der Waals surface area contributed by atoms with Crippen molar-refractivity contribution < 1.29 is 24.2 Å². The number of ether oxygens (including phenoxy) is 1. The summed E-state index contributed by atoms with van der Waals surface area (Å²) in [6.07, 6.45) is 1.32. The minimum atomic E-state index is -1.10. The zero-order chi connectivity index (χ0) is 19.7. The predicted molar refractivity (Wildman–Crippen MR) is 99.1 cm³/mol. The van der Waals surface area contributed by atoms with E-state index in [4.69, 9.17) is 9.84 Å². The number of hydrogen-bond donors (Lipinski definition) is 3. The second-order valence-electron chi connectivity index (χ2n) is 6.72. The van der Waals surface area contributed by atoms with Gasteiger partial charge in [-0.2, -0.15) is 0 Å². The molecule has 0 saturated carbocycles. The Hall–Kier alpha value is -2.41. The van der Waals surface area contributed by atoms with Gasteiger partial charge in [-0.1, -0.05) is 13.8 Å². The van der Waals surface area contributed by atoms with E-state index in [-0.39, 0.29) is 18.4 Å². The third-order valence-electron chi connectivity index (χ3n) is 3.68. The third kappa shape index (κ3) is 8.11. The van der Waals surface area contributed by atoms with E-state index in [9.17, 15) is 14.4 Å². The number of carboxylic acids is 1. The molecule has 7 nitrogen and oxygen atoms in total. The van der Waals surface area contributed by atoms with E-state index in [0.717, 1.165) is 6.42 Å². The van der Waals surface area contributed by atoms with Gasteiger partial charge in [0.25, 0.3) is 5.91 Å². The first kappa shape index (κ1) is 21.6. The second kappa shape index (κ2) is 10.6. The van der Waals surface area contributed by atoms with Crippen LogP contribution < -0.4 is 10.6 Å². The molecule has 3 N–H and O–H groups in total. The summed E-state index contributed by atoms with van der Waals surface area (Å²) in [6.45, 7) is 7.98. The molecule has 1 rings (SSSR count). The van der Waals surface area contributed by atoms with Crippen LogP contribution in [-0.4, -0.2) is 41.6 Å².